The molecular formula is C45H33NO. The van der Waals surface area contributed by atoms with E-state index in [2.05, 4.69) is 176 Å². The standard InChI is InChI=1S/C45H33NO/c1-45(2)40-19-8-6-16-36(40)37-27-26-35(29-41(37)45)46(42-20-11-18-39-38-17-7-9-21-43(38)47-44(39)42)34-24-22-31(23-25-34)33-15-10-14-32(28-33)30-12-4-3-5-13-30/h3-29H,1-2H3. The van der Waals surface area contributed by atoms with Crippen molar-refractivity contribution >= 4 is 39.0 Å². The fourth-order valence-corrected chi connectivity index (χ4v) is 7.48. The zero-order chi connectivity index (χ0) is 31.5. The highest BCUT2D eigenvalue weighted by atomic mass is 16.3. The number of para-hydroxylation sites is 2. The Hall–Kier alpha value is -5.86. The molecule has 0 aliphatic heterocycles. The van der Waals surface area contributed by atoms with Gasteiger partial charge in [-0.2, -0.15) is 0 Å². The molecule has 0 amide bonds. The largest absolute Gasteiger partial charge is 0.454 e. The number of hydrogen-bond acceptors (Lipinski definition) is 2. The lowest BCUT2D eigenvalue weighted by Gasteiger charge is -2.28. The molecule has 224 valence electrons. The van der Waals surface area contributed by atoms with Gasteiger partial charge in [0.1, 0.15) is 5.58 Å². The first-order chi connectivity index (χ1) is 23.1. The van der Waals surface area contributed by atoms with E-state index in [1.54, 1.807) is 0 Å². The highest BCUT2D eigenvalue weighted by molar-refractivity contribution is 6.10. The van der Waals surface area contributed by atoms with E-state index >= 15 is 0 Å². The molecule has 0 spiro atoms. The molecule has 47 heavy (non-hydrogen) atoms. The summed E-state index contributed by atoms with van der Waals surface area (Å²) in [5.74, 6) is 0. The van der Waals surface area contributed by atoms with Gasteiger partial charge in [0.05, 0.1) is 5.69 Å². The summed E-state index contributed by atoms with van der Waals surface area (Å²) in [6, 6.07) is 58.8. The normalized spacial score (nSPS) is 13.1. The highest BCUT2D eigenvalue weighted by Gasteiger charge is 2.36. The van der Waals surface area contributed by atoms with Crippen molar-refractivity contribution in [2.45, 2.75) is 19.3 Å². The summed E-state index contributed by atoms with van der Waals surface area (Å²) < 4.78 is 6.60. The Morgan fingerprint density at radius 1 is 0.447 bits per heavy atom. The van der Waals surface area contributed by atoms with Gasteiger partial charge in [-0.15, -0.1) is 0 Å². The molecule has 0 saturated heterocycles. The van der Waals surface area contributed by atoms with E-state index in [1.807, 2.05) is 6.07 Å². The molecule has 1 aliphatic carbocycles. The average molecular weight is 604 g/mol. The summed E-state index contributed by atoms with van der Waals surface area (Å²) >= 11 is 0. The number of anilines is 3. The van der Waals surface area contributed by atoms with E-state index in [0.717, 1.165) is 39.0 Å². The van der Waals surface area contributed by atoms with Crippen molar-refractivity contribution in [1.82, 2.24) is 0 Å². The van der Waals surface area contributed by atoms with E-state index in [1.165, 1.54) is 44.5 Å². The summed E-state index contributed by atoms with van der Waals surface area (Å²) in [4.78, 5) is 2.36. The molecule has 0 saturated carbocycles. The maximum absolute atomic E-state index is 6.60. The van der Waals surface area contributed by atoms with Crippen molar-refractivity contribution in [2.24, 2.45) is 0 Å². The van der Waals surface area contributed by atoms with Crippen molar-refractivity contribution in [3.63, 3.8) is 0 Å². The summed E-state index contributed by atoms with van der Waals surface area (Å²) in [7, 11) is 0. The predicted molar refractivity (Wildman–Crippen MR) is 197 cm³/mol. The second-order valence-electron chi connectivity index (χ2n) is 13.0. The van der Waals surface area contributed by atoms with Crippen LogP contribution in [0.3, 0.4) is 0 Å². The molecule has 0 radical (unpaired) electrons. The van der Waals surface area contributed by atoms with Gasteiger partial charge in [-0.1, -0.05) is 135 Å². The van der Waals surface area contributed by atoms with Gasteiger partial charge in [-0.25, -0.2) is 0 Å². The molecule has 0 unspecified atom stereocenters. The van der Waals surface area contributed by atoms with Crippen LogP contribution in [-0.2, 0) is 5.41 Å². The third kappa shape index (κ3) is 4.40. The highest BCUT2D eigenvalue weighted by Crippen LogP contribution is 2.51. The molecule has 1 aromatic heterocycles. The molecule has 0 bridgehead atoms. The molecule has 9 rings (SSSR count). The van der Waals surface area contributed by atoms with Crippen LogP contribution >= 0.6 is 0 Å². The van der Waals surface area contributed by atoms with Gasteiger partial charge in [0, 0.05) is 27.6 Å². The van der Waals surface area contributed by atoms with E-state index < -0.39 is 0 Å². The van der Waals surface area contributed by atoms with Crippen molar-refractivity contribution in [1.29, 1.82) is 0 Å². The summed E-state index contributed by atoms with van der Waals surface area (Å²) in [5.41, 5.74) is 15.0. The molecule has 0 N–H and O–H groups in total. The average Bonchev–Trinajstić information content (AvgIpc) is 3.62. The molecule has 8 aromatic rings. The third-order valence-electron chi connectivity index (χ3n) is 9.88. The molecule has 2 nitrogen and oxygen atoms in total. The first kappa shape index (κ1) is 27.5. The van der Waals surface area contributed by atoms with Crippen molar-refractivity contribution in [2.75, 3.05) is 4.90 Å². The Balaban J connectivity index is 1.20. The fraction of sp³-hybridized carbons (Fsp3) is 0.0667. The van der Waals surface area contributed by atoms with Gasteiger partial charge < -0.3 is 9.32 Å². The van der Waals surface area contributed by atoms with Crippen LogP contribution in [0, 0.1) is 0 Å². The Morgan fingerprint density at radius 3 is 1.89 bits per heavy atom. The number of rotatable bonds is 5. The molecule has 1 aliphatic rings. The second-order valence-corrected chi connectivity index (χ2v) is 13.0. The quantitative estimate of drug-likeness (QED) is 0.195. The summed E-state index contributed by atoms with van der Waals surface area (Å²) in [5, 5.41) is 2.25. The molecule has 7 aromatic carbocycles. The van der Waals surface area contributed by atoms with Crippen molar-refractivity contribution < 1.29 is 4.42 Å². The molecule has 0 fully saturated rings. The van der Waals surface area contributed by atoms with E-state index in [-0.39, 0.29) is 5.41 Å². The minimum atomic E-state index is -0.105. The Morgan fingerprint density at radius 2 is 1.06 bits per heavy atom. The Bertz CT molecular complexity index is 2430. The van der Waals surface area contributed by atoms with E-state index in [4.69, 9.17) is 4.42 Å². The van der Waals surface area contributed by atoms with Gasteiger partial charge in [-0.3, -0.25) is 0 Å². The second kappa shape index (κ2) is 10.6. The molecule has 0 atom stereocenters. The van der Waals surface area contributed by atoms with Crippen LogP contribution in [0.2, 0.25) is 0 Å². The van der Waals surface area contributed by atoms with Gasteiger partial charge >= 0.3 is 0 Å². The number of nitrogens with zero attached hydrogens (tertiary/aromatic N) is 1. The molecular weight excluding hydrogens is 571 g/mol. The fourth-order valence-electron chi connectivity index (χ4n) is 7.48. The maximum Gasteiger partial charge on any atom is 0.159 e. The topological polar surface area (TPSA) is 16.4 Å². The Labute approximate surface area is 275 Å². The van der Waals surface area contributed by atoms with Crippen LogP contribution in [-0.4, -0.2) is 0 Å². The minimum Gasteiger partial charge on any atom is -0.454 e. The van der Waals surface area contributed by atoms with Gasteiger partial charge in [0.15, 0.2) is 5.58 Å². The van der Waals surface area contributed by atoms with Gasteiger partial charge in [-0.05, 0) is 87.0 Å². The summed E-state index contributed by atoms with van der Waals surface area (Å²) in [6.07, 6.45) is 0. The maximum atomic E-state index is 6.60. The van der Waals surface area contributed by atoms with Crippen molar-refractivity contribution in [3.8, 4) is 33.4 Å². The molecule has 1 heterocycles. The summed E-state index contributed by atoms with van der Waals surface area (Å²) in [6.45, 7) is 4.67. The van der Waals surface area contributed by atoms with Crippen LogP contribution in [0.4, 0.5) is 17.1 Å². The van der Waals surface area contributed by atoms with E-state index in [9.17, 15) is 0 Å². The first-order valence-electron chi connectivity index (χ1n) is 16.3. The number of fused-ring (bicyclic) bond motifs is 6. The SMILES string of the molecule is CC1(C)c2ccccc2-c2ccc(N(c3ccc(-c4cccc(-c5ccccc5)c4)cc3)c3cccc4c3oc3ccccc34)cc21. The van der Waals surface area contributed by atoms with Crippen LogP contribution in [0.15, 0.2) is 168 Å². The van der Waals surface area contributed by atoms with Crippen LogP contribution in [0.5, 0.6) is 0 Å². The number of benzene rings is 7. The molecule has 2 heteroatoms. The van der Waals surface area contributed by atoms with Crippen LogP contribution in [0.25, 0.3) is 55.3 Å². The Kier molecular flexibility index (Phi) is 6.20. The third-order valence-corrected chi connectivity index (χ3v) is 9.88. The lowest BCUT2D eigenvalue weighted by molar-refractivity contribution is 0.660. The predicted octanol–water partition coefficient (Wildman–Crippen LogP) is 12.7. The zero-order valence-corrected chi connectivity index (χ0v) is 26.4. The monoisotopic (exact) mass is 603 g/mol. The first-order valence-corrected chi connectivity index (χ1v) is 16.3. The van der Waals surface area contributed by atoms with Gasteiger partial charge in [0.2, 0.25) is 0 Å². The zero-order valence-electron chi connectivity index (χ0n) is 26.4. The number of furan rings is 1. The lowest BCUT2D eigenvalue weighted by Crippen LogP contribution is -2.16. The van der Waals surface area contributed by atoms with E-state index in [0.29, 0.717) is 0 Å². The minimum absolute atomic E-state index is 0.105. The van der Waals surface area contributed by atoms with Crippen molar-refractivity contribution in [3.05, 3.63) is 175 Å². The smallest absolute Gasteiger partial charge is 0.159 e. The number of hydrogen-bond donors (Lipinski definition) is 0. The lowest BCUT2D eigenvalue weighted by atomic mass is 9.82. The van der Waals surface area contributed by atoms with Crippen LogP contribution in [0.1, 0.15) is 25.0 Å². The van der Waals surface area contributed by atoms with Crippen LogP contribution < -0.4 is 4.90 Å². The van der Waals surface area contributed by atoms with Gasteiger partial charge in [0.25, 0.3) is 0 Å².